The van der Waals surface area contributed by atoms with Gasteiger partial charge in [-0.3, -0.25) is 15.0 Å². The van der Waals surface area contributed by atoms with Crippen molar-refractivity contribution in [2.24, 2.45) is 0 Å². The molecule has 0 bridgehead atoms. The fraction of sp³-hybridized carbons (Fsp3) is 0.0476. The van der Waals surface area contributed by atoms with Gasteiger partial charge >= 0.3 is 0 Å². The zero-order chi connectivity index (χ0) is 19.7. The van der Waals surface area contributed by atoms with Crippen molar-refractivity contribution in [1.82, 2.24) is 10.4 Å². The molecule has 2 N–H and O–H groups in total. The third-order valence-electron chi connectivity index (χ3n) is 4.44. The molecule has 0 aliphatic carbocycles. The summed E-state index contributed by atoms with van der Waals surface area (Å²) >= 11 is 12.4. The summed E-state index contributed by atoms with van der Waals surface area (Å²) in [5, 5.41) is 5.40. The van der Waals surface area contributed by atoms with E-state index in [0.29, 0.717) is 32.4 Å². The van der Waals surface area contributed by atoms with Crippen molar-refractivity contribution < 1.29 is 9.59 Å². The maximum absolute atomic E-state index is 13.1. The number of carbonyl (C=O) groups is 2. The Morgan fingerprint density at radius 2 is 1.68 bits per heavy atom. The average Bonchev–Trinajstić information content (AvgIpc) is 2.71. The zero-order valence-electron chi connectivity index (χ0n) is 14.5. The number of halogens is 2. The minimum absolute atomic E-state index is 0.338. The molecule has 0 spiro atoms. The molecule has 3 aromatic rings. The highest BCUT2D eigenvalue weighted by Gasteiger charge is 2.35. The van der Waals surface area contributed by atoms with E-state index in [2.05, 4.69) is 10.7 Å². The maximum Gasteiger partial charge on any atom is 0.276 e. The van der Waals surface area contributed by atoms with Gasteiger partial charge in [0, 0.05) is 26.9 Å². The van der Waals surface area contributed by atoms with E-state index >= 15 is 0 Å². The first kappa shape index (κ1) is 18.3. The summed E-state index contributed by atoms with van der Waals surface area (Å²) in [6, 6.07) is 20.8. The number of hydrazine groups is 1. The summed E-state index contributed by atoms with van der Waals surface area (Å²) in [7, 11) is 0. The molecule has 0 saturated heterocycles. The Morgan fingerprint density at radius 1 is 0.964 bits per heavy atom. The van der Waals surface area contributed by atoms with Gasteiger partial charge in [0.05, 0.1) is 5.56 Å². The number of rotatable bonds is 3. The van der Waals surface area contributed by atoms with Crippen molar-refractivity contribution in [2.75, 3.05) is 5.32 Å². The van der Waals surface area contributed by atoms with Crippen LogP contribution >= 0.6 is 23.2 Å². The lowest BCUT2D eigenvalue weighted by atomic mass is 10.0. The number of hydrogen-bond acceptors (Lipinski definition) is 3. The van der Waals surface area contributed by atoms with Crippen molar-refractivity contribution in [2.45, 2.75) is 6.17 Å². The third kappa shape index (κ3) is 3.42. The molecule has 0 fully saturated rings. The van der Waals surface area contributed by atoms with Gasteiger partial charge in [-0.1, -0.05) is 59.6 Å². The van der Waals surface area contributed by atoms with E-state index < -0.39 is 12.1 Å². The SMILES string of the molecule is O=C(NN1C(=O)c2ccccc2N[C@@H]1c1ccc(Cl)cc1Cl)c1ccccc1. The Hall–Kier alpha value is -3.02. The second-order valence-corrected chi connectivity index (χ2v) is 7.08. The zero-order valence-corrected chi connectivity index (χ0v) is 16.0. The number of nitrogens with zero attached hydrogens (tertiary/aromatic N) is 1. The summed E-state index contributed by atoms with van der Waals surface area (Å²) in [4.78, 5) is 25.8. The average molecular weight is 412 g/mol. The quantitative estimate of drug-likeness (QED) is 0.643. The molecule has 28 heavy (non-hydrogen) atoms. The molecule has 2 amide bonds. The molecular formula is C21H15Cl2N3O2. The minimum atomic E-state index is -0.695. The van der Waals surface area contributed by atoms with Gasteiger partial charge in [0.1, 0.15) is 6.17 Å². The normalized spacial score (nSPS) is 15.6. The molecule has 140 valence electrons. The number of anilines is 1. The van der Waals surface area contributed by atoms with Crippen molar-refractivity contribution in [1.29, 1.82) is 0 Å². The standard InChI is InChI=1S/C21H15Cl2N3O2/c22-14-10-11-15(17(23)12-14)19-24-18-9-5-4-8-16(18)21(28)26(19)25-20(27)13-6-2-1-3-7-13/h1-12,19,24H,(H,25,27)/t19-/m0/s1. The number of carbonyl (C=O) groups excluding carboxylic acids is 2. The fourth-order valence-corrected chi connectivity index (χ4v) is 3.59. The third-order valence-corrected chi connectivity index (χ3v) is 5.00. The number of para-hydroxylation sites is 1. The number of fused-ring (bicyclic) bond motifs is 1. The van der Waals surface area contributed by atoms with E-state index in [1.54, 1.807) is 60.7 Å². The van der Waals surface area contributed by atoms with E-state index in [1.165, 1.54) is 5.01 Å². The summed E-state index contributed by atoms with van der Waals surface area (Å²) in [6.07, 6.45) is -0.695. The van der Waals surface area contributed by atoms with Crippen LogP contribution < -0.4 is 10.7 Å². The van der Waals surface area contributed by atoms with E-state index in [4.69, 9.17) is 23.2 Å². The predicted octanol–water partition coefficient (Wildman–Crippen LogP) is 4.90. The maximum atomic E-state index is 13.1. The smallest absolute Gasteiger partial charge is 0.276 e. The van der Waals surface area contributed by atoms with Crippen LogP contribution in [-0.4, -0.2) is 16.8 Å². The van der Waals surface area contributed by atoms with E-state index in [0.717, 1.165) is 0 Å². The fourth-order valence-electron chi connectivity index (χ4n) is 3.07. The highest BCUT2D eigenvalue weighted by Crippen LogP contribution is 2.35. The lowest BCUT2D eigenvalue weighted by Gasteiger charge is -2.38. The molecule has 0 aromatic heterocycles. The van der Waals surface area contributed by atoms with Crippen LogP contribution in [0.3, 0.4) is 0 Å². The molecule has 0 radical (unpaired) electrons. The van der Waals surface area contributed by atoms with E-state index in [9.17, 15) is 9.59 Å². The van der Waals surface area contributed by atoms with Crippen LogP contribution in [0, 0.1) is 0 Å². The topological polar surface area (TPSA) is 61.4 Å². The van der Waals surface area contributed by atoms with Gasteiger partial charge in [0.2, 0.25) is 0 Å². The Labute approximate surface area is 171 Å². The van der Waals surface area contributed by atoms with Crippen LogP contribution in [0.5, 0.6) is 0 Å². The van der Waals surface area contributed by atoms with E-state index in [1.807, 2.05) is 12.1 Å². The number of hydrogen-bond donors (Lipinski definition) is 2. The molecular weight excluding hydrogens is 397 g/mol. The van der Waals surface area contributed by atoms with Gasteiger partial charge in [-0.05, 0) is 36.4 Å². The molecule has 1 aliphatic heterocycles. The van der Waals surface area contributed by atoms with Crippen LogP contribution in [0.15, 0.2) is 72.8 Å². The first-order valence-corrected chi connectivity index (χ1v) is 9.30. The van der Waals surface area contributed by atoms with Gasteiger partial charge in [-0.15, -0.1) is 0 Å². The second kappa shape index (κ2) is 7.54. The van der Waals surface area contributed by atoms with Crippen LogP contribution in [0.2, 0.25) is 10.0 Å². The van der Waals surface area contributed by atoms with Gasteiger partial charge in [-0.25, -0.2) is 5.01 Å². The van der Waals surface area contributed by atoms with Crippen LogP contribution in [0.1, 0.15) is 32.4 Å². The Kier molecular flexibility index (Phi) is 4.94. The monoisotopic (exact) mass is 411 g/mol. The number of benzene rings is 3. The van der Waals surface area contributed by atoms with Crippen LogP contribution in [-0.2, 0) is 0 Å². The molecule has 3 aromatic carbocycles. The Morgan fingerprint density at radius 3 is 2.43 bits per heavy atom. The highest BCUT2D eigenvalue weighted by atomic mass is 35.5. The molecule has 1 heterocycles. The highest BCUT2D eigenvalue weighted by molar-refractivity contribution is 6.35. The lowest BCUT2D eigenvalue weighted by molar-refractivity contribution is 0.0491. The summed E-state index contributed by atoms with van der Waals surface area (Å²) in [5.74, 6) is -0.736. The predicted molar refractivity (Wildman–Crippen MR) is 109 cm³/mol. The molecule has 0 unspecified atom stereocenters. The summed E-state index contributed by atoms with van der Waals surface area (Å²) in [6.45, 7) is 0. The van der Waals surface area contributed by atoms with Crippen molar-refractivity contribution in [3.63, 3.8) is 0 Å². The van der Waals surface area contributed by atoms with Gasteiger partial charge in [0.25, 0.3) is 11.8 Å². The van der Waals surface area contributed by atoms with Gasteiger partial charge in [-0.2, -0.15) is 0 Å². The number of nitrogens with one attached hydrogen (secondary N) is 2. The first-order chi connectivity index (χ1) is 13.5. The van der Waals surface area contributed by atoms with Crippen molar-refractivity contribution in [3.05, 3.63) is 99.5 Å². The van der Waals surface area contributed by atoms with Gasteiger partial charge in [0.15, 0.2) is 0 Å². The molecule has 1 atom stereocenters. The summed E-state index contributed by atoms with van der Waals surface area (Å²) < 4.78 is 0. The summed E-state index contributed by atoms with van der Waals surface area (Å²) in [5.41, 5.74) is 4.88. The molecule has 5 nitrogen and oxygen atoms in total. The van der Waals surface area contributed by atoms with Crippen LogP contribution in [0.4, 0.5) is 5.69 Å². The van der Waals surface area contributed by atoms with E-state index in [-0.39, 0.29) is 5.91 Å². The first-order valence-electron chi connectivity index (χ1n) is 8.55. The second-order valence-electron chi connectivity index (χ2n) is 6.24. The van der Waals surface area contributed by atoms with Crippen molar-refractivity contribution in [3.8, 4) is 0 Å². The largest absolute Gasteiger partial charge is 0.359 e. The van der Waals surface area contributed by atoms with Crippen LogP contribution in [0.25, 0.3) is 0 Å². The number of amides is 2. The lowest BCUT2D eigenvalue weighted by Crippen LogP contribution is -2.52. The Balaban J connectivity index is 1.75. The molecule has 0 saturated carbocycles. The molecule has 4 rings (SSSR count). The van der Waals surface area contributed by atoms with Crippen molar-refractivity contribution >= 4 is 40.7 Å². The van der Waals surface area contributed by atoms with Gasteiger partial charge < -0.3 is 5.32 Å². The molecule has 7 heteroatoms. The Bertz CT molecular complexity index is 1060. The minimum Gasteiger partial charge on any atom is -0.359 e. The molecule has 1 aliphatic rings.